The molecule has 2 fully saturated rings. The van der Waals surface area contributed by atoms with Crippen LogP contribution < -0.4 is 0 Å². The highest BCUT2D eigenvalue weighted by molar-refractivity contribution is 6.06. The summed E-state index contributed by atoms with van der Waals surface area (Å²) in [6.45, 7) is 1.84. The molecule has 5 nitrogen and oxygen atoms in total. The lowest BCUT2D eigenvalue weighted by atomic mass is 9.85. The molecule has 2 bridgehead atoms. The van der Waals surface area contributed by atoms with Crippen LogP contribution in [0.3, 0.4) is 0 Å². The number of imide groups is 1. The summed E-state index contributed by atoms with van der Waals surface area (Å²) in [4.78, 5) is 36.9. The molecule has 20 heavy (non-hydrogen) atoms. The molecule has 0 aromatic heterocycles. The number of amides is 2. The zero-order valence-corrected chi connectivity index (χ0v) is 11.5. The van der Waals surface area contributed by atoms with Crippen LogP contribution in [0.25, 0.3) is 0 Å². The minimum atomic E-state index is -0.838. The van der Waals surface area contributed by atoms with Gasteiger partial charge in [0.15, 0.2) is 0 Å². The van der Waals surface area contributed by atoms with Crippen LogP contribution in [-0.4, -0.2) is 33.8 Å². The van der Waals surface area contributed by atoms with Gasteiger partial charge in [0.05, 0.1) is 11.8 Å². The number of hydrogen-bond donors (Lipinski definition) is 1. The summed E-state index contributed by atoms with van der Waals surface area (Å²) >= 11 is 0. The standard InChI is InChI=1S/C15H19NO4/c1-8(3-2-4-11(17)18)16-14(19)12-9-5-6-10(7-9)13(12)15(16)20/h5-6,8-10,12-13H,2-4,7H2,1H3,(H,17,18). The molecule has 0 spiro atoms. The number of allylic oxidation sites excluding steroid dienone is 2. The van der Waals surface area contributed by atoms with E-state index in [2.05, 4.69) is 12.2 Å². The summed E-state index contributed by atoms with van der Waals surface area (Å²) in [5.41, 5.74) is 0. The molecule has 1 saturated carbocycles. The molecule has 5 unspecified atom stereocenters. The Hall–Kier alpha value is -1.65. The van der Waals surface area contributed by atoms with Gasteiger partial charge in [-0.2, -0.15) is 0 Å². The van der Waals surface area contributed by atoms with Crippen LogP contribution in [-0.2, 0) is 14.4 Å². The second kappa shape index (κ2) is 4.72. The molecule has 5 heteroatoms. The first-order valence-electron chi connectivity index (χ1n) is 7.27. The monoisotopic (exact) mass is 277 g/mol. The molecule has 108 valence electrons. The Morgan fingerprint density at radius 1 is 1.30 bits per heavy atom. The summed E-state index contributed by atoms with van der Waals surface area (Å²) < 4.78 is 0. The fourth-order valence-corrected chi connectivity index (χ4v) is 4.04. The summed E-state index contributed by atoms with van der Waals surface area (Å²) in [6.07, 6.45) is 6.24. The van der Waals surface area contributed by atoms with Gasteiger partial charge in [-0.15, -0.1) is 0 Å². The zero-order valence-electron chi connectivity index (χ0n) is 11.5. The predicted molar refractivity (Wildman–Crippen MR) is 70.5 cm³/mol. The van der Waals surface area contributed by atoms with Crippen LogP contribution >= 0.6 is 0 Å². The topological polar surface area (TPSA) is 74.7 Å². The summed E-state index contributed by atoms with van der Waals surface area (Å²) in [5, 5.41) is 8.65. The molecule has 0 aromatic carbocycles. The highest BCUT2D eigenvalue weighted by Crippen LogP contribution is 2.52. The van der Waals surface area contributed by atoms with Gasteiger partial charge in [0.2, 0.25) is 11.8 Å². The van der Waals surface area contributed by atoms with E-state index in [1.807, 2.05) is 6.92 Å². The molecule has 1 N–H and O–H groups in total. The van der Waals surface area contributed by atoms with Crippen molar-refractivity contribution < 1.29 is 19.5 Å². The average Bonchev–Trinajstić information content (AvgIpc) is 3.03. The molecule has 5 atom stereocenters. The number of nitrogens with zero attached hydrogens (tertiary/aromatic N) is 1. The average molecular weight is 277 g/mol. The number of carboxylic acid groups (broad SMARTS) is 1. The molecule has 3 rings (SSSR count). The lowest BCUT2D eigenvalue weighted by molar-refractivity contribution is -0.143. The smallest absolute Gasteiger partial charge is 0.303 e. The highest BCUT2D eigenvalue weighted by Gasteiger charge is 2.59. The second-order valence-electron chi connectivity index (χ2n) is 6.18. The lowest BCUT2D eigenvalue weighted by Crippen LogP contribution is -2.40. The van der Waals surface area contributed by atoms with Gasteiger partial charge >= 0.3 is 5.97 Å². The van der Waals surface area contributed by atoms with Crippen LogP contribution in [0.5, 0.6) is 0 Å². The van der Waals surface area contributed by atoms with Crippen molar-refractivity contribution in [2.24, 2.45) is 23.7 Å². The van der Waals surface area contributed by atoms with E-state index >= 15 is 0 Å². The fraction of sp³-hybridized carbons (Fsp3) is 0.667. The fourth-order valence-electron chi connectivity index (χ4n) is 4.04. The molecule has 2 amide bonds. The van der Waals surface area contributed by atoms with Gasteiger partial charge < -0.3 is 5.11 Å². The maximum Gasteiger partial charge on any atom is 0.303 e. The van der Waals surface area contributed by atoms with Crippen molar-refractivity contribution in [2.45, 2.75) is 38.6 Å². The number of aliphatic carboxylic acids is 1. The van der Waals surface area contributed by atoms with Crippen LogP contribution in [0.1, 0.15) is 32.6 Å². The van der Waals surface area contributed by atoms with Gasteiger partial charge in [-0.1, -0.05) is 12.2 Å². The van der Waals surface area contributed by atoms with E-state index in [1.165, 1.54) is 4.90 Å². The van der Waals surface area contributed by atoms with E-state index in [0.29, 0.717) is 12.8 Å². The van der Waals surface area contributed by atoms with Crippen LogP contribution in [0.2, 0.25) is 0 Å². The summed E-state index contributed by atoms with van der Waals surface area (Å²) in [5.74, 6) is -0.760. The third-order valence-corrected chi connectivity index (χ3v) is 4.96. The molecule has 3 aliphatic rings. The van der Waals surface area contributed by atoms with Crippen molar-refractivity contribution in [3.8, 4) is 0 Å². The number of rotatable bonds is 5. The van der Waals surface area contributed by atoms with E-state index in [-0.39, 0.29) is 47.9 Å². The first kappa shape index (κ1) is 13.3. The molecule has 0 aromatic rings. The number of carbonyl (C=O) groups excluding carboxylic acids is 2. The molecule has 1 heterocycles. The van der Waals surface area contributed by atoms with Crippen molar-refractivity contribution in [3.63, 3.8) is 0 Å². The first-order valence-corrected chi connectivity index (χ1v) is 7.27. The van der Waals surface area contributed by atoms with Crippen LogP contribution in [0.4, 0.5) is 0 Å². The molecule has 2 aliphatic carbocycles. The Morgan fingerprint density at radius 2 is 1.85 bits per heavy atom. The van der Waals surface area contributed by atoms with Crippen molar-refractivity contribution in [1.82, 2.24) is 4.90 Å². The predicted octanol–water partition coefficient (Wildman–Crippen LogP) is 1.44. The van der Waals surface area contributed by atoms with Gasteiger partial charge in [0, 0.05) is 12.5 Å². The molecular weight excluding hydrogens is 258 g/mol. The maximum atomic E-state index is 12.5. The summed E-state index contributed by atoms with van der Waals surface area (Å²) in [7, 11) is 0. The second-order valence-corrected chi connectivity index (χ2v) is 6.18. The Balaban J connectivity index is 1.68. The largest absolute Gasteiger partial charge is 0.481 e. The van der Waals surface area contributed by atoms with E-state index < -0.39 is 5.97 Å². The lowest BCUT2D eigenvalue weighted by Gasteiger charge is -2.24. The van der Waals surface area contributed by atoms with Gasteiger partial charge in [0.25, 0.3) is 0 Å². The van der Waals surface area contributed by atoms with E-state index in [0.717, 1.165) is 6.42 Å². The third-order valence-electron chi connectivity index (χ3n) is 4.96. The van der Waals surface area contributed by atoms with Crippen molar-refractivity contribution >= 4 is 17.8 Å². The number of hydrogen-bond acceptors (Lipinski definition) is 3. The Bertz CT molecular complexity index is 468. The van der Waals surface area contributed by atoms with Gasteiger partial charge in [-0.3, -0.25) is 19.3 Å². The van der Waals surface area contributed by atoms with Gasteiger partial charge in [0.1, 0.15) is 0 Å². The molecule has 1 saturated heterocycles. The number of fused-ring (bicyclic) bond motifs is 5. The zero-order chi connectivity index (χ0) is 14.4. The van der Waals surface area contributed by atoms with Crippen LogP contribution in [0.15, 0.2) is 12.2 Å². The Kier molecular flexibility index (Phi) is 3.15. The van der Waals surface area contributed by atoms with Gasteiger partial charge in [-0.05, 0) is 38.0 Å². The maximum absolute atomic E-state index is 12.5. The van der Waals surface area contributed by atoms with E-state index in [9.17, 15) is 14.4 Å². The van der Waals surface area contributed by atoms with Crippen molar-refractivity contribution in [2.75, 3.05) is 0 Å². The first-order chi connectivity index (χ1) is 9.50. The third kappa shape index (κ3) is 1.87. The molecule has 0 radical (unpaired) electrons. The van der Waals surface area contributed by atoms with E-state index in [4.69, 9.17) is 5.11 Å². The minimum Gasteiger partial charge on any atom is -0.481 e. The SMILES string of the molecule is CC(CCCC(=O)O)N1C(=O)C2C3C=CC(C3)C2C1=O. The number of carbonyl (C=O) groups is 3. The normalized spacial score (nSPS) is 35.8. The van der Waals surface area contributed by atoms with E-state index in [1.54, 1.807) is 0 Å². The summed E-state index contributed by atoms with van der Waals surface area (Å²) in [6, 6.07) is -0.195. The molecular formula is C15H19NO4. The Labute approximate surface area is 117 Å². The number of carboxylic acids is 1. The van der Waals surface area contributed by atoms with Crippen molar-refractivity contribution in [1.29, 1.82) is 0 Å². The minimum absolute atomic E-state index is 0.0420. The molecule has 1 aliphatic heterocycles. The number of likely N-dealkylation sites (tertiary alicyclic amines) is 1. The quantitative estimate of drug-likeness (QED) is 0.609. The van der Waals surface area contributed by atoms with Crippen molar-refractivity contribution in [3.05, 3.63) is 12.2 Å². The van der Waals surface area contributed by atoms with Crippen LogP contribution in [0, 0.1) is 23.7 Å². The van der Waals surface area contributed by atoms with Gasteiger partial charge in [-0.25, -0.2) is 0 Å². The Morgan fingerprint density at radius 3 is 2.35 bits per heavy atom. The highest BCUT2D eigenvalue weighted by atomic mass is 16.4.